The van der Waals surface area contributed by atoms with Gasteiger partial charge in [-0.1, -0.05) is 30.3 Å². The molecule has 26 heavy (non-hydrogen) atoms. The molecule has 0 saturated carbocycles. The average Bonchev–Trinajstić information content (AvgIpc) is 2.68. The number of likely N-dealkylation sites (N-methyl/N-ethyl adjacent to an activating group) is 1. The van der Waals surface area contributed by atoms with Gasteiger partial charge in [0.25, 0.3) is 0 Å². The first-order valence-corrected chi connectivity index (χ1v) is 11.1. The fourth-order valence-corrected chi connectivity index (χ4v) is 5.55. The third-order valence-electron chi connectivity index (χ3n) is 5.46. The van der Waals surface area contributed by atoms with Gasteiger partial charge < -0.3 is 10.2 Å². The molecule has 2 atom stereocenters. The molecular weight excluding hydrogens is 350 g/mol. The highest BCUT2D eigenvalue weighted by atomic mass is 32.2. The number of benzene rings is 1. The monoisotopic (exact) mass is 379 g/mol. The molecule has 0 spiro atoms. The standard InChI is InChI=1S/C19H29N3O3S/c1-20-18-10-6-11-21(14-18)19(23)17-9-5-12-22(13-17)26(24,25)15-16-7-3-2-4-8-16/h2-4,7-8,17-18,20H,5-6,9-15H2,1H3. The SMILES string of the molecule is CNC1CCCN(C(=O)C2CCCN(S(=O)(=O)Cc3ccccc3)C2)C1. The normalized spacial score (nSPS) is 25.2. The van der Waals surface area contributed by atoms with Crippen molar-refractivity contribution in [1.82, 2.24) is 14.5 Å². The van der Waals surface area contributed by atoms with Crippen molar-refractivity contribution < 1.29 is 13.2 Å². The van der Waals surface area contributed by atoms with E-state index in [-0.39, 0.29) is 17.6 Å². The Morgan fingerprint density at radius 3 is 2.58 bits per heavy atom. The van der Waals surface area contributed by atoms with Gasteiger partial charge in [-0.05, 0) is 38.3 Å². The van der Waals surface area contributed by atoms with Crippen LogP contribution in [-0.2, 0) is 20.6 Å². The molecule has 0 aliphatic carbocycles. The second kappa shape index (κ2) is 8.50. The summed E-state index contributed by atoms with van der Waals surface area (Å²) in [7, 11) is -1.47. The van der Waals surface area contributed by atoms with Gasteiger partial charge >= 0.3 is 0 Å². The van der Waals surface area contributed by atoms with Crippen LogP contribution in [0.2, 0.25) is 0 Å². The van der Waals surface area contributed by atoms with E-state index in [1.54, 1.807) is 0 Å². The van der Waals surface area contributed by atoms with E-state index < -0.39 is 10.0 Å². The van der Waals surface area contributed by atoms with Gasteiger partial charge in [-0.3, -0.25) is 4.79 Å². The number of hydrogen-bond donors (Lipinski definition) is 1. The van der Waals surface area contributed by atoms with Crippen molar-refractivity contribution in [3.63, 3.8) is 0 Å². The maximum Gasteiger partial charge on any atom is 0.227 e. The third-order valence-corrected chi connectivity index (χ3v) is 7.28. The van der Waals surface area contributed by atoms with Crippen molar-refractivity contribution in [2.24, 2.45) is 5.92 Å². The zero-order valence-corrected chi connectivity index (χ0v) is 16.2. The fourth-order valence-electron chi connectivity index (χ4n) is 3.94. The number of piperidine rings is 2. The number of sulfonamides is 1. The lowest BCUT2D eigenvalue weighted by molar-refractivity contribution is -0.138. The van der Waals surface area contributed by atoms with Crippen LogP contribution in [0.3, 0.4) is 0 Å². The minimum absolute atomic E-state index is 0.000291. The van der Waals surface area contributed by atoms with E-state index in [1.165, 1.54) is 4.31 Å². The number of hydrogen-bond acceptors (Lipinski definition) is 4. The highest BCUT2D eigenvalue weighted by Gasteiger charge is 2.35. The quantitative estimate of drug-likeness (QED) is 0.840. The van der Waals surface area contributed by atoms with Crippen LogP contribution in [0.25, 0.3) is 0 Å². The topological polar surface area (TPSA) is 69.7 Å². The van der Waals surface area contributed by atoms with Crippen LogP contribution in [0, 0.1) is 5.92 Å². The molecule has 0 aromatic heterocycles. The number of nitrogens with one attached hydrogen (secondary N) is 1. The second-order valence-corrected chi connectivity index (χ2v) is 9.32. The molecule has 2 saturated heterocycles. The van der Waals surface area contributed by atoms with Gasteiger partial charge in [-0.15, -0.1) is 0 Å². The molecule has 2 aliphatic heterocycles. The zero-order valence-electron chi connectivity index (χ0n) is 15.4. The van der Waals surface area contributed by atoms with Crippen molar-refractivity contribution in [1.29, 1.82) is 0 Å². The highest BCUT2D eigenvalue weighted by molar-refractivity contribution is 7.88. The number of amides is 1. The lowest BCUT2D eigenvalue weighted by Crippen LogP contribution is -2.52. The summed E-state index contributed by atoms with van der Waals surface area (Å²) in [6, 6.07) is 9.58. The molecule has 1 amide bonds. The number of carbonyl (C=O) groups excluding carboxylic acids is 1. The predicted molar refractivity (Wildman–Crippen MR) is 102 cm³/mol. The molecule has 0 bridgehead atoms. The maximum absolute atomic E-state index is 12.9. The summed E-state index contributed by atoms with van der Waals surface area (Å²) in [5.41, 5.74) is 0.786. The van der Waals surface area contributed by atoms with Crippen LogP contribution < -0.4 is 5.32 Å². The van der Waals surface area contributed by atoms with E-state index in [4.69, 9.17) is 0 Å². The van der Waals surface area contributed by atoms with Gasteiger partial charge in [0.15, 0.2) is 0 Å². The Morgan fingerprint density at radius 2 is 1.85 bits per heavy atom. The maximum atomic E-state index is 12.9. The lowest BCUT2D eigenvalue weighted by Gasteiger charge is -2.38. The number of carbonyl (C=O) groups is 1. The Kier molecular flexibility index (Phi) is 6.32. The molecular formula is C19H29N3O3S. The highest BCUT2D eigenvalue weighted by Crippen LogP contribution is 2.24. The number of likely N-dealkylation sites (tertiary alicyclic amines) is 1. The molecule has 1 aromatic rings. The van der Waals surface area contributed by atoms with Crippen LogP contribution >= 0.6 is 0 Å². The second-order valence-electron chi connectivity index (χ2n) is 7.35. The van der Waals surface area contributed by atoms with Gasteiger partial charge in [-0.25, -0.2) is 12.7 Å². The van der Waals surface area contributed by atoms with Gasteiger partial charge in [-0.2, -0.15) is 0 Å². The smallest absolute Gasteiger partial charge is 0.227 e. The Bertz CT molecular complexity index is 708. The van der Waals surface area contributed by atoms with E-state index >= 15 is 0 Å². The minimum Gasteiger partial charge on any atom is -0.341 e. The van der Waals surface area contributed by atoms with E-state index in [0.29, 0.717) is 19.1 Å². The first-order valence-electron chi connectivity index (χ1n) is 9.47. The van der Waals surface area contributed by atoms with E-state index in [9.17, 15) is 13.2 Å². The predicted octanol–water partition coefficient (Wildman–Crippen LogP) is 1.44. The molecule has 7 heteroatoms. The van der Waals surface area contributed by atoms with Crippen molar-refractivity contribution in [3.8, 4) is 0 Å². The number of rotatable bonds is 5. The van der Waals surface area contributed by atoms with Gasteiger partial charge in [0.1, 0.15) is 0 Å². The summed E-state index contributed by atoms with van der Waals surface area (Å²) in [6.45, 7) is 2.33. The molecule has 0 radical (unpaired) electrons. The van der Waals surface area contributed by atoms with E-state index in [0.717, 1.165) is 44.3 Å². The van der Waals surface area contributed by atoms with Crippen LogP contribution in [0.4, 0.5) is 0 Å². The van der Waals surface area contributed by atoms with Gasteiger partial charge in [0.2, 0.25) is 15.9 Å². The van der Waals surface area contributed by atoms with Crippen molar-refractivity contribution in [3.05, 3.63) is 35.9 Å². The summed E-state index contributed by atoms with van der Waals surface area (Å²) < 4.78 is 27.1. The van der Waals surface area contributed by atoms with Crippen molar-refractivity contribution >= 4 is 15.9 Å². The Balaban J connectivity index is 1.64. The molecule has 2 heterocycles. The minimum atomic E-state index is -3.40. The molecule has 2 aliphatic rings. The van der Waals surface area contributed by atoms with Crippen LogP contribution in [0.15, 0.2) is 30.3 Å². The summed E-state index contributed by atoms with van der Waals surface area (Å²) in [6.07, 6.45) is 3.60. The van der Waals surface area contributed by atoms with Crippen LogP contribution in [-0.4, -0.2) is 62.8 Å². The molecule has 2 fully saturated rings. The third kappa shape index (κ3) is 4.64. The van der Waals surface area contributed by atoms with Crippen LogP contribution in [0.5, 0.6) is 0 Å². The summed E-state index contributed by atoms with van der Waals surface area (Å²) in [5.74, 6) is -0.102. The van der Waals surface area contributed by atoms with Crippen LogP contribution in [0.1, 0.15) is 31.2 Å². The van der Waals surface area contributed by atoms with Crippen molar-refractivity contribution in [2.75, 3.05) is 33.2 Å². The zero-order chi connectivity index (χ0) is 18.6. The molecule has 3 rings (SSSR count). The van der Waals surface area contributed by atoms with Crippen molar-refractivity contribution in [2.45, 2.75) is 37.5 Å². The molecule has 1 aromatic carbocycles. The molecule has 2 unspecified atom stereocenters. The molecule has 6 nitrogen and oxygen atoms in total. The first-order chi connectivity index (χ1) is 12.5. The largest absolute Gasteiger partial charge is 0.341 e. The number of nitrogens with zero attached hydrogens (tertiary/aromatic N) is 2. The fraction of sp³-hybridized carbons (Fsp3) is 0.632. The summed E-state index contributed by atoms with van der Waals surface area (Å²) in [5, 5.41) is 3.25. The molecule has 144 valence electrons. The van der Waals surface area contributed by atoms with E-state index in [2.05, 4.69) is 5.32 Å². The molecule has 1 N–H and O–H groups in total. The summed E-state index contributed by atoms with van der Waals surface area (Å²) in [4.78, 5) is 14.8. The summed E-state index contributed by atoms with van der Waals surface area (Å²) >= 11 is 0. The van der Waals surface area contributed by atoms with Gasteiger partial charge in [0, 0.05) is 32.2 Å². The Hall–Kier alpha value is -1.44. The lowest BCUT2D eigenvalue weighted by atomic mass is 9.96. The van der Waals surface area contributed by atoms with E-state index in [1.807, 2.05) is 42.3 Å². The average molecular weight is 380 g/mol. The van der Waals surface area contributed by atoms with Gasteiger partial charge in [0.05, 0.1) is 11.7 Å². The first kappa shape index (κ1) is 19.3. The Morgan fingerprint density at radius 1 is 1.12 bits per heavy atom. The Labute approximate surface area is 156 Å².